The van der Waals surface area contributed by atoms with Gasteiger partial charge in [0, 0.05) is 12.8 Å². The fraction of sp³-hybridized carbons (Fsp3) is 0.727. The minimum absolute atomic E-state index is 0.0372. The number of hydrogen-bond acceptors (Lipinski definition) is 3. The van der Waals surface area contributed by atoms with Gasteiger partial charge in [-0.05, 0) is 78.8 Å². The van der Waals surface area contributed by atoms with E-state index in [0.29, 0.717) is 37.0 Å². The van der Waals surface area contributed by atoms with E-state index in [4.69, 9.17) is 5.11 Å². The number of carboxylic acid groups (broad SMARTS) is 1. The van der Waals surface area contributed by atoms with Crippen LogP contribution in [0, 0.1) is 28.6 Å². The van der Waals surface area contributed by atoms with E-state index < -0.39 is 11.6 Å². The molecule has 0 aromatic carbocycles. The predicted octanol–water partition coefficient (Wildman–Crippen LogP) is 3.89. The summed E-state index contributed by atoms with van der Waals surface area (Å²) >= 11 is 0. The minimum Gasteiger partial charge on any atom is -0.481 e. The molecule has 4 aliphatic carbocycles. The van der Waals surface area contributed by atoms with Crippen molar-refractivity contribution in [2.24, 2.45) is 28.6 Å². The van der Waals surface area contributed by atoms with E-state index in [2.05, 4.69) is 26.0 Å². The highest BCUT2D eigenvalue weighted by atomic mass is 16.4. The molecule has 0 radical (unpaired) electrons. The first-order chi connectivity index (χ1) is 12.2. The first-order valence-electron chi connectivity index (χ1n) is 10.1. The van der Waals surface area contributed by atoms with Gasteiger partial charge < -0.3 is 10.2 Å². The fourth-order valence-corrected chi connectivity index (χ4v) is 6.83. The molecule has 0 heterocycles. The highest BCUT2D eigenvalue weighted by Gasteiger charge is 2.62. The molecule has 26 heavy (non-hydrogen) atoms. The topological polar surface area (TPSA) is 74.6 Å². The van der Waals surface area contributed by atoms with Crippen LogP contribution in [0.5, 0.6) is 0 Å². The number of aliphatic hydroxyl groups is 1. The lowest BCUT2D eigenvalue weighted by Crippen LogP contribution is -2.53. The van der Waals surface area contributed by atoms with Crippen molar-refractivity contribution in [3.63, 3.8) is 0 Å². The highest BCUT2D eigenvalue weighted by Crippen LogP contribution is 2.66. The Hall–Kier alpha value is -1.42. The molecule has 2 N–H and O–H groups in total. The summed E-state index contributed by atoms with van der Waals surface area (Å²) in [7, 11) is 0. The van der Waals surface area contributed by atoms with Gasteiger partial charge in [0.15, 0.2) is 5.78 Å². The van der Waals surface area contributed by atoms with Crippen molar-refractivity contribution >= 4 is 11.8 Å². The molecule has 4 rings (SSSR count). The lowest BCUT2D eigenvalue weighted by atomic mass is 9.48. The Labute approximate surface area is 155 Å². The second-order valence-corrected chi connectivity index (χ2v) is 9.55. The molecule has 2 saturated carbocycles. The standard InChI is InChI=1S/C22H30O4/c1-20-9-5-15(23)13-14(20)3-4-16-17(20)6-10-21(2)18(16)7-11-22(21,26)12-8-19(24)25/h3-4,13,16-18,26H,5-12H2,1-2H3,(H,24,25)/t16-,17+,18-,20-,21-,22+/m1/s1. The van der Waals surface area contributed by atoms with Gasteiger partial charge in [-0.15, -0.1) is 0 Å². The SMILES string of the molecule is C[C@@]12CCC(=O)C=C1C=C[C@H]1[C@H]3CC[C@](O)(CCC(=O)O)[C@]3(C)CC[C@@H]12. The van der Waals surface area contributed by atoms with Crippen LogP contribution in [-0.2, 0) is 9.59 Å². The van der Waals surface area contributed by atoms with Gasteiger partial charge in [0.1, 0.15) is 0 Å². The first-order valence-corrected chi connectivity index (χ1v) is 10.1. The van der Waals surface area contributed by atoms with Crippen LogP contribution in [0.4, 0.5) is 0 Å². The third-order valence-corrected chi connectivity index (χ3v) is 8.59. The zero-order chi connectivity index (χ0) is 18.7. The zero-order valence-corrected chi connectivity index (χ0v) is 15.8. The summed E-state index contributed by atoms with van der Waals surface area (Å²) in [5.74, 6) is 0.748. The third-order valence-electron chi connectivity index (χ3n) is 8.59. The maximum atomic E-state index is 11.9. The van der Waals surface area contributed by atoms with Crippen LogP contribution >= 0.6 is 0 Å². The normalized spacial score (nSPS) is 47.0. The molecule has 142 valence electrons. The number of carboxylic acids is 1. The molecule has 0 aromatic rings. The number of rotatable bonds is 3. The molecule has 0 unspecified atom stereocenters. The summed E-state index contributed by atoms with van der Waals surface area (Å²) in [5.41, 5.74) is 0.179. The molecule has 2 fully saturated rings. The summed E-state index contributed by atoms with van der Waals surface area (Å²) in [6, 6.07) is 0. The Morgan fingerprint density at radius 2 is 1.92 bits per heavy atom. The molecule has 0 aromatic heterocycles. The van der Waals surface area contributed by atoms with Crippen LogP contribution in [-0.4, -0.2) is 27.6 Å². The van der Waals surface area contributed by atoms with Gasteiger partial charge in [-0.25, -0.2) is 0 Å². The molecule has 4 aliphatic rings. The Bertz CT molecular complexity index is 707. The molecule has 0 bridgehead atoms. The Balaban J connectivity index is 1.66. The summed E-state index contributed by atoms with van der Waals surface area (Å²) in [6.45, 7) is 4.51. The average Bonchev–Trinajstić information content (AvgIpc) is 2.86. The lowest BCUT2D eigenvalue weighted by Gasteiger charge is -2.57. The molecule has 4 heteroatoms. The summed E-state index contributed by atoms with van der Waals surface area (Å²) in [4.78, 5) is 22.9. The van der Waals surface area contributed by atoms with Gasteiger partial charge in [0.25, 0.3) is 0 Å². The van der Waals surface area contributed by atoms with Gasteiger partial charge in [-0.1, -0.05) is 26.0 Å². The summed E-state index contributed by atoms with van der Waals surface area (Å²) in [5, 5.41) is 20.5. The predicted molar refractivity (Wildman–Crippen MR) is 98.4 cm³/mol. The number of carbonyl (C=O) groups excluding carboxylic acids is 1. The van der Waals surface area contributed by atoms with Gasteiger partial charge in [0.2, 0.25) is 0 Å². The number of allylic oxidation sites excluding steroid dienone is 4. The summed E-state index contributed by atoms with van der Waals surface area (Å²) < 4.78 is 0. The van der Waals surface area contributed by atoms with Crippen molar-refractivity contribution in [2.45, 2.75) is 70.8 Å². The molecule has 0 aliphatic heterocycles. The van der Waals surface area contributed by atoms with Crippen LogP contribution in [0.3, 0.4) is 0 Å². The lowest BCUT2D eigenvalue weighted by molar-refractivity contribution is -0.144. The van der Waals surface area contributed by atoms with E-state index >= 15 is 0 Å². The quantitative estimate of drug-likeness (QED) is 0.802. The summed E-state index contributed by atoms with van der Waals surface area (Å²) in [6.07, 6.45) is 11.9. The van der Waals surface area contributed by atoms with E-state index in [1.54, 1.807) is 0 Å². The van der Waals surface area contributed by atoms with Crippen LogP contribution < -0.4 is 0 Å². The molecule has 0 amide bonds. The maximum Gasteiger partial charge on any atom is 0.303 e. The van der Waals surface area contributed by atoms with Gasteiger partial charge in [-0.2, -0.15) is 0 Å². The van der Waals surface area contributed by atoms with Crippen molar-refractivity contribution < 1.29 is 19.8 Å². The largest absolute Gasteiger partial charge is 0.481 e. The third kappa shape index (κ3) is 2.37. The number of ketones is 1. The van der Waals surface area contributed by atoms with Crippen molar-refractivity contribution in [3.8, 4) is 0 Å². The van der Waals surface area contributed by atoms with E-state index in [9.17, 15) is 14.7 Å². The van der Waals surface area contributed by atoms with E-state index in [1.165, 1.54) is 5.57 Å². The molecular weight excluding hydrogens is 328 g/mol. The van der Waals surface area contributed by atoms with Crippen molar-refractivity contribution in [2.75, 3.05) is 0 Å². The molecule has 6 atom stereocenters. The number of aliphatic carboxylic acids is 1. The number of fused-ring (bicyclic) bond motifs is 5. The van der Waals surface area contributed by atoms with Gasteiger partial charge >= 0.3 is 5.97 Å². The van der Waals surface area contributed by atoms with Crippen LogP contribution in [0.25, 0.3) is 0 Å². The number of hydrogen-bond donors (Lipinski definition) is 2. The zero-order valence-electron chi connectivity index (χ0n) is 15.8. The van der Waals surface area contributed by atoms with Gasteiger partial charge in [0.05, 0.1) is 5.60 Å². The first kappa shape index (κ1) is 18.0. The van der Waals surface area contributed by atoms with E-state index in [1.807, 2.05) is 6.08 Å². The average molecular weight is 358 g/mol. The Morgan fingerprint density at radius 1 is 1.19 bits per heavy atom. The second-order valence-electron chi connectivity index (χ2n) is 9.55. The van der Waals surface area contributed by atoms with E-state index in [-0.39, 0.29) is 23.0 Å². The van der Waals surface area contributed by atoms with E-state index in [0.717, 1.165) is 25.7 Å². The Morgan fingerprint density at radius 3 is 2.65 bits per heavy atom. The van der Waals surface area contributed by atoms with Crippen LogP contribution in [0.1, 0.15) is 65.2 Å². The van der Waals surface area contributed by atoms with Crippen molar-refractivity contribution in [1.82, 2.24) is 0 Å². The van der Waals surface area contributed by atoms with Crippen LogP contribution in [0.15, 0.2) is 23.8 Å². The van der Waals surface area contributed by atoms with Gasteiger partial charge in [-0.3, -0.25) is 9.59 Å². The van der Waals surface area contributed by atoms with Crippen molar-refractivity contribution in [1.29, 1.82) is 0 Å². The number of carbonyl (C=O) groups is 2. The molecule has 4 nitrogen and oxygen atoms in total. The highest BCUT2D eigenvalue weighted by molar-refractivity contribution is 5.92. The minimum atomic E-state index is -0.867. The Kier molecular flexibility index (Phi) is 4.00. The smallest absolute Gasteiger partial charge is 0.303 e. The monoisotopic (exact) mass is 358 g/mol. The molecule has 0 spiro atoms. The molecular formula is C22H30O4. The second kappa shape index (κ2) is 5.79. The fourth-order valence-electron chi connectivity index (χ4n) is 6.83. The maximum absolute atomic E-state index is 11.9. The van der Waals surface area contributed by atoms with Crippen molar-refractivity contribution in [3.05, 3.63) is 23.8 Å². The molecule has 0 saturated heterocycles. The van der Waals surface area contributed by atoms with Crippen LogP contribution in [0.2, 0.25) is 0 Å².